The Bertz CT molecular complexity index is 489. The summed E-state index contributed by atoms with van der Waals surface area (Å²) in [6, 6.07) is 3.66. The van der Waals surface area contributed by atoms with Gasteiger partial charge < -0.3 is 0 Å². The summed E-state index contributed by atoms with van der Waals surface area (Å²) in [5.74, 6) is -0.104. The molecule has 2 aliphatic carbocycles. The van der Waals surface area contributed by atoms with Crippen LogP contribution in [-0.2, 0) is 3.07 Å². The quantitative estimate of drug-likeness (QED) is 0.604. The number of hydrogen-bond acceptors (Lipinski definition) is 3. The molecule has 0 aromatic carbocycles. The summed E-state index contributed by atoms with van der Waals surface area (Å²) in [6.45, 7) is 0. The van der Waals surface area contributed by atoms with Gasteiger partial charge in [-0.25, -0.2) is 0 Å². The van der Waals surface area contributed by atoms with Gasteiger partial charge in [0, 0.05) is 0 Å². The van der Waals surface area contributed by atoms with E-state index in [4.69, 9.17) is 3.07 Å². The molecule has 2 aliphatic rings. The van der Waals surface area contributed by atoms with Crippen LogP contribution in [0.3, 0.4) is 0 Å². The van der Waals surface area contributed by atoms with Gasteiger partial charge in [-0.15, -0.1) is 0 Å². The molecule has 23 heavy (non-hydrogen) atoms. The Hall–Kier alpha value is -0.581. The third-order valence-corrected chi connectivity index (χ3v) is 20.4. The number of aromatic nitrogens is 1. The zero-order valence-electron chi connectivity index (χ0n) is 14.3. The van der Waals surface area contributed by atoms with Gasteiger partial charge in [-0.05, 0) is 0 Å². The molecule has 2 saturated carbocycles. The molecule has 3 rings (SSSR count). The normalized spacial score (nSPS) is 21.1. The van der Waals surface area contributed by atoms with Crippen molar-refractivity contribution in [3.05, 3.63) is 30.1 Å². The summed E-state index contributed by atoms with van der Waals surface area (Å²) < 4.78 is 7.88. The van der Waals surface area contributed by atoms with Gasteiger partial charge >= 0.3 is 145 Å². The van der Waals surface area contributed by atoms with Gasteiger partial charge in [0.1, 0.15) is 0 Å². The second kappa shape index (κ2) is 8.00. The first-order chi connectivity index (χ1) is 11.2. The molecule has 0 atom stereocenters. The summed E-state index contributed by atoms with van der Waals surface area (Å²) in [5.41, 5.74) is 0.627. The van der Waals surface area contributed by atoms with Crippen molar-refractivity contribution in [3.8, 4) is 0 Å². The van der Waals surface area contributed by atoms with E-state index in [-0.39, 0.29) is 5.97 Å². The van der Waals surface area contributed by atoms with Crippen molar-refractivity contribution in [2.24, 2.45) is 0 Å². The number of rotatable bonds is 4. The third-order valence-electron chi connectivity index (χ3n) is 6.04. The number of carbonyl (C=O) groups is 1. The van der Waals surface area contributed by atoms with Crippen LogP contribution in [0, 0.1) is 0 Å². The zero-order valence-corrected chi connectivity index (χ0v) is 17.2. The van der Waals surface area contributed by atoms with Crippen molar-refractivity contribution in [1.29, 1.82) is 0 Å². The van der Waals surface area contributed by atoms with E-state index in [1.807, 2.05) is 12.1 Å². The van der Waals surface area contributed by atoms with Crippen LogP contribution in [0.5, 0.6) is 0 Å². The summed E-state index contributed by atoms with van der Waals surface area (Å²) in [6.07, 6.45) is 16.6. The van der Waals surface area contributed by atoms with Crippen LogP contribution in [0.25, 0.3) is 0 Å². The Morgan fingerprint density at radius 1 is 1.04 bits per heavy atom. The summed E-state index contributed by atoms with van der Waals surface area (Å²) in [4.78, 5) is 19.2. The Morgan fingerprint density at radius 2 is 1.61 bits per heavy atom. The molecule has 0 amide bonds. The second-order valence-electron chi connectivity index (χ2n) is 7.48. The molecule has 4 heteroatoms. The maximum atomic E-state index is 12.7. The molecule has 0 N–H and O–H groups in total. The number of carbonyl (C=O) groups excluding carboxylic acids is 1. The van der Waals surface area contributed by atoms with Gasteiger partial charge in [0.25, 0.3) is 0 Å². The molecule has 0 saturated heterocycles. The monoisotopic (exact) mass is 423 g/mol. The average molecular weight is 422 g/mol. The van der Waals surface area contributed by atoms with Gasteiger partial charge in [0.2, 0.25) is 0 Å². The minimum absolute atomic E-state index is 0.104. The van der Waals surface area contributed by atoms with E-state index in [9.17, 15) is 4.79 Å². The van der Waals surface area contributed by atoms with E-state index >= 15 is 0 Å². The molecule has 1 aromatic rings. The van der Waals surface area contributed by atoms with Crippen molar-refractivity contribution in [3.63, 3.8) is 0 Å². The molecule has 0 spiro atoms. The van der Waals surface area contributed by atoms with Crippen molar-refractivity contribution in [1.82, 2.24) is 4.98 Å². The number of nitrogens with zero attached hydrogens (tertiary/aromatic N) is 1. The minimum atomic E-state index is -2.97. The molecular formula is C19H29NO2Sn. The summed E-state index contributed by atoms with van der Waals surface area (Å²) >= 11 is -2.97. The van der Waals surface area contributed by atoms with E-state index < -0.39 is 18.8 Å². The van der Waals surface area contributed by atoms with Gasteiger partial charge in [-0.3, -0.25) is 0 Å². The molecule has 0 unspecified atom stereocenters. The fourth-order valence-corrected chi connectivity index (χ4v) is 17.8. The number of hydrogen-bond donors (Lipinski definition) is 0. The molecule has 2 fully saturated rings. The van der Waals surface area contributed by atoms with Gasteiger partial charge in [-0.1, -0.05) is 0 Å². The van der Waals surface area contributed by atoms with Gasteiger partial charge in [0.15, 0.2) is 0 Å². The van der Waals surface area contributed by atoms with E-state index in [1.165, 1.54) is 64.2 Å². The number of pyridine rings is 1. The molecule has 0 aliphatic heterocycles. The van der Waals surface area contributed by atoms with Crippen LogP contribution in [0.2, 0.25) is 12.8 Å². The predicted octanol–water partition coefficient (Wildman–Crippen LogP) is 5.48. The van der Waals surface area contributed by atoms with Crippen molar-refractivity contribution >= 4 is 24.8 Å². The van der Waals surface area contributed by atoms with E-state index in [1.54, 1.807) is 12.4 Å². The first-order valence-electron chi connectivity index (χ1n) is 9.33. The molecule has 3 nitrogen and oxygen atoms in total. The molecule has 126 valence electrons. The third kappa shape index (κ3) is 4.09. The Balaban J connectivity index is 1.80. The average Bonchev–Trinajstić information content (AvgIpc) is 2.64. The van der Waals surface area contributed by atoms with Crippen LogP contribution >= 0.6 is 0 Å². The summed E-state index contributed by atoms with van der Waals surface area (Å²) in [7, 11) is 0. The van der Waals surface area contributed by atoms with Gasteiger partial charge in [-0.2, -0.15) is 0 Å². The molecular weight excluding hydrogens is 393 g/mol. The van der Waals surface area contributed by atoms with Crippen molar-refractivity contribution < 1.29 is 7.87 Å². The fourth-order valence-electron chi connectivity index (χ4n) is 4.59. The molecule has 0 bridgehead atoms. The first kappa shape index (κ1) is 17.2. The fraction of sp³-hybridized carbons (Fsp3) is 0.684. The molecule has 1 heterocycles. The predicted molar refractivity (Wildman–Crippen MR) is 94.9 cm³/mol. The van der Waals surface area contributed by atoms with E-state index in [0.29, 0.717) is 5.56 Å². The maximum absolute atomic E-state index is 12.7. The van der Waals surface area contributed by atoms with Crippen molar-refractivity contribution in [2.45, 2.75) is 77.0 Å². The Morgan fingerprint density at radius 3 is 2.09 bits per heavy atom. The Kier molecular flexibility index (Phi) is 6.00. The van der Waals surface area contributed by atoms with Gasteiger partial charge in [0.05, 0.1) is 0 Å². The SMILES string of the molecule is [CH3][Sn]([O]C(=O)c1cccnc1)([CH]1CCCCC1)[CH]1CCCCC1. The second-order valence-corrected chi connectivity index (χ2v) is 19.5. The zero-order chi connectivity index (χ0) is 16.1. The topological polar surface area (TPSA) is 39.2 Å². The van der Waals surface area contributed by atoms with Crippen LogP contribution in [-0.4, -0.2) is 29.7 Å². The van der Waals surface area contributed by atoms with Crippen LogP contribution in [0.1, 0.15) is 74.6 Å². The summed E-state index contributed by atoms with van der Waals surface area (Å²) in [5, 5.41) is 0. The first-order valence-corrected chi connectivity index (χ1v) is 16.6. The van der Waals surface area contributed by atoms with Crippen LogP contribution in [0.4, 0.5) is 0 Å². The Labute approximate surface area is 144 Å². The standard InChI is InChI=1S/C6H5NO2.2C6H11.CH3.Sn/c8-6(9)5-2-1-3-7-4-5;2*1-2-4-6-5-3-1;;/h1-4H,(H,8,9);2*1H,2-6H2;1H3;/q;;;;+1/p-1. The molecule has 1 aromatic heterocycles. The van der Waals surface area contributed by atoms with Crippen LogP contribution < -0.4 is 0 Å². The van der Waals surface area contributed by atoms with Crippen molar-refractivity contribution in [2.75, 3.05) is 0 Å². The van der Waals surface area contributed by atoms with Crippen LogP contribution in [0.15, 0.2) is 24.5 Å². The molecule has 0 radical (unpaired) electrons. The van der Waals surface area contributed by atoms with E-state index in [2.05, 4.69) is 9.92 Å². The van der Waals surface area contributed by atoms with E-state index in [0.717, 1.165) is 7.87 Å².